The average molecular weight is 171 g/mol. The summed E-state index contributed by atoms with van der Waals surface area (Å²) in [5.41, 5.74) is 0. The minimum atomic E-state index is 0. The van der Waals surface area contributed by atoms with Crippen LogP contribution in [0.15, 0.2) is 0 Å². The molecule has 0 bridgehead atoms. The van der Waals surface area contributed by atoms with Crippen LogP contribution < -0.4 is 29.6 Å². The van der Waals surface area contributed by atoms with Crippen LogP contribution in [0, 0.1) is 10.7 Å². The zero-order valence-electron chi connectivity index (χ0n) is 4.86. The predicted molar refractivity (Wildman–Crippen MR) is 31.0 cm³/mol. The van der Waals surface area contributed by atoms with E-state index in [1.807, 2.05) is 0 Å². The van der Waals surface area contributed by atoms with E-state index < -0.39 is 0 Å². The second-order valence-corrected chi connectivity index (χ2v) is 0.274. The Kier molecular flexibility index (Phi) is 2560. The predicted octanol–water partition coefficient (Wildman–Crippen LogP) is -7.11. The van der Waals surface area contributed by atoms with Crippen molar-refractivity contribution in [3.05, 3.63) is 0 Å². The van der Waals surface area contributed by atoms with E-state index in [9.17, 15) is 0 Å². The molecule has 0 aliphatic rings. The molecule has 0 atom stereocenters. The molecule has 0 aromatic carbocycles. The van der Waals surface area contributed by atoms with Crippen molar-refractivity contribution in [2.45, 2.75) is 0 Å². The van der Waals surface area contributed by atoms with Crippen molar-refractivity contribution in [1.82, 2.24) is 0 Å². The number of thiocyanates is 1. The maximum atomic E-state index is 7.13. The fourth-order valence-corrected chi connectivity index (χ4v) is 0. The number of hydrogen-bond donors (Lipinski definition) is 0. The van der Waals surface area contributed by atoms with Crippen LogP contribution in [0.2, 0.25) is 0 Å². The van der Waals surface area contributed by atoms with E-state index in [2.05, 4.69) is 12.6 Å². The molecule has 56 valence electrons. The average Bonchev–Trinajstić information content (AvgIpc) is 0.918. The smallest absolute Gasteiger partial charge is 0.696 e. The molecule has 8 heteroatoms. The van der Waals surface area contributed by atoms with Gasteiger partial charge in [0, 0.05) is 0 Å². The first-order valence-electron chi connectivity index (χ1n) is 0.428. The molecule has 0 amide bonds. The van der Waals surface area contributed by atoms with Gasteiger partial charge in [0.1, 0.15) is 0 Å². The fraction of sp³-hybridized carbons (Fsp3) is 0. The van der Waals surface area contributed by atoms with Gasteiger partial charge in [-0.25, -0.2) is 5.26 Å². The summed E-state index contributed by atoms with van der Waals surface area (Å²) in [7, 11) is 0. The fourth-order valence-electron chi connectivity index (χ4n) is 0. The van der Waals surface area contributed by atoms with Crippen LogP contribution in [0.3, 0.4) is 0 Å². The van der Waals surface area contributed by atoms with E-state index in [0.29, 0.717) is 0 Å². The van der Waals surface area contributed by atoms with Gasteiger partial charge in [0.2, 0.25) is 0 Å². The molecular formula is CH10NNaO5S. The van der Waals surface area contributed by atoms with Crippen molar-refractivity contribution < 1.29 is 56.9 Å². The summed E-state index contributed by atoms with van der Waals surface area (Å²) >= 11 is 3.70. The Labute approximate surface area is 80.1 Å². The maximum Gasteiger partial charge on any atom is 1.00 e. The van der Waals surface area contributed by atoms with Gasteiger partial charge in [-0.15, -0.1) is 0 Å². The third-order valence-corrected chi connectivity index (χ3v) is 0. The van der Waals surface area contributed by atoms with Crippen LogP contribution in [-0.2, 0) is 12.6 Å². The van der Waals surface area contributed by atoms with E-state index >= 15 is 0 Å². The van der Waals surface area contributed by atoms with Crippen molar-refractivity contribution >= 4 is 12.6 Å². The number of nitrogens with zero attached hydrogens (tertiary/aromatic N) is 1. The SMILES string of the molecule is N#C[S-].O.O.O.O.O.[Na+]. The number of hydrogen-bond acceptors (Lipinski definition) is 2. The second-order valence-electron chi connectivity index (χ2n) is 0.0913. The first-order chi connectivity index (χ1) is 1.41. The summed E-state index contributed by atoms with van der Waals surface area (Å²) in [5.74, 6) is 0. The third kappa shape index (κ3) is 1390. The Morgan fingerprint density at radius 2 is 0.889 bits per heavy atom. The summed E-state index contributed by atoms with van der Waals surface area (Å²) in [6.07, 6.45) is 0. The summed E-state index contributed by atoms with van der Waals surface area (Å²) in [4.78, 5) is 0. The number of nitriles is 1. The van der Waals surface area contributed by atoms with Crippen LogP contribution in [0.4, 0.5) is 0 Å². The van der Waals surface area contributed by atoms with Crippen LogP contribution in [0.5, 0.6) is 0 Å². The largest absolute Gasteiger partial charge is 1.00 e. The monoisotopic (exact) mass is 171 g/mol. The number of rotatable bonds is 0. The summed E-state index contributed by atoms with van der Waals surface area (Å²) in [6.45, 7) is 0. The molecule has 0 radical (unpaired) electrons. The van der Waals surface area contributed by atoms with Gasteiger partial charge in [-0.3, -0.25) is 0 Å². The normalized spacial score (nSPS) is 0.778. The molecule has 0 aliphatic carbocycles. The molecule has 0 aliphatic heterocycles. The Bertz CT molecular complexity index is 38.4. The van der Waals surface area contributed by atoms with Gasteiger partial charge in [-0.05, 0) is 0 Å². The second kappa shape index (κ2) is 211. The van der Waals surface area contributed by atoms with E-state index in [1.165, 1.54) is 5.40 Å². The van der Waals surface area contributed by atoms with Gasteiger partial charge in [0.05, 0.1) is 0 Å². The van der Waals surface area contributed by atoms with Crippen molar-refractivity contribution in [1.29, 1.82) is 5.26 Å². The summed E-state index contributed by atoms with van der Waals surface area (Å²) in [6, 6.07) is 0. The van der Waals surface area contributed by atoms with Crippen LogP contribution in [-0.4, -0.2) is 27.4 Å². The Balaban J connectivity index is -0.00000000133. The van der Waals surface area contributed by atoms with E-state index in [1.54, 1.807) is 0 Å². The molecule has 0 saturated heterocycles. The Hall–Kier alpha value is 0.510. The third-order valence-electron chi connectivity index (χ3n) is 0. The van der Waals surface area contributed by atoms with Crippen LogP contribution >= 0.6 is 0 Å². The van der Waals surface area contributed by atoms with Gasteiger partial charge in [-0.2, -0.15) is 0 Å². The molecule has 0 aromatic heterocycles. The van der Waals surface area contributed by atoms with E-state index in [4.69, 9.17) is 5.26 Å². The molecular weight excluding hydrogens is 161 g/mol. The minimum absolute atomic E-state index is 0. The minimum Gasteiger partial charge on any atom is -0.696 e. The van der Waals surface area contributed by atoms with Gasteiger partial charge in [0.25, 0.3) is 0 Å². The molecule has 0 rings (SSSR count). The Morgan fingerprint density at radius 3 is 0.889 bits per heavy atom. The molecule has 0 aromatic rings. The van der Waals surface area contributed by atoms with Crippen LogP contribution in [0.1, 0.15) is 0 Å². The van der Waals surface area contributed by atoms with Gasteiger partial charge in [-0.1, -0.05) is 5.40 Å². The molecule has 0 spiro atoms. The van der Waals surface area contributed by atoms with E-state index in [-0.39, 0.29) is 56.9 Å². The molecule has 0 saturated carbocycles. The topological polar surface area (TPSA) is 181 Å². The zero-order valence-corrected chi connectivity index (χ0v) is 7.67. The molecule has 0 unspecified atom stereocenters. The van der Waals surface area contributed by atoms with Gasteiger partial charge < -0.3 is 40.0 Å². The summed E-state index contributed by atoms with van der Waals surface area (Å²) < 4.78 is 0. The summed E-state index contributed by atoms with van der Waals surface area (Å²) in [5, 5.41) is 8.47. The first kappa shape index (κ1) is 109. The molecule has 6 nitrogen and oxygen atoms in total. The van der Waals surface area contributed by atoms with Crippen molar-refractivity contribution in [3.63, 3.8) is 0 Å². The van der Waals surface area contributed by atoms with Crippen molar-refractivity contribution in [2.75, 3.05) is 0 Å². The quantitative estimate of drug-likeness (QED) is 0.199. The standard InChI is InChI=1S/CHNS.Na.5H2O/c2-1-3;;;;;;/h3H;;5*1H2/q;+1;;;;;/p-1. The Morgan fingerprint density at radius 1 is 0.889 bits per heavy atom. The maximum absolute atomic E-state index is 7.13. The van der Waals surface area contributed by atoms with Crippen LogP contribution in [0.25, 0.3) is 0 Å². The van der Waals surface area contributed by atoms with Crippen molar-refractivity contribution in [3.8, 4) is 5.40 Å². The molecule has 0 fully saturated rings. The molecule has 9 heavy (non-hydrogen) atoms. The van der Waals surface area contributed by atoms with Crippen molar-refractivity contribution in [2.24, 2.45) is 0 Å². The molecule has 0 heterocycles. The van der Waals surface area contributed by atoms with Gasteiger partial charge >= 0.3 is 29.6 Å². The van der Waals surface area contributed by atoms with Gasteiger partial charge in [0.15, 0.2) is 0 Å². The van der Waals surface area contributed by atoms with E-state index in [0.717, 1.165) is 0 Å². The molecule has 10 N–H and O–H groups in total. The first-order valence-corrected chi connectivity index (χ1v) is 0.836. The zero-order chi connectivity index (χ0) is 2.71.